The highest BCUT2D eigenvalue weighted by Crippen LogP contribution is 2.38. The Labute approximate surface area is 456 Å². The number of ether oxygens (including phenoxy) is 1. The number of phosphoric acid groups is 1. The van der Waals surface area contributed by atoms with Gasteiger partial charge in [0.05, 0.1) is 33.8 Å². The maximum absolute atomic E-state index is 13.5. The first-order valence-electron chi connectivity index (χ1n) is 30.0. The number of carbonyl (C=O) groups excluding carboxylic acids is 2. The molecule has 3 unspecified atom stereocenters. The van der Waals surface area contributed by atoms with E-state index in [2.05, 4.69) is 111 Å². The first-order chi connectivity index (χ1) is 35.9. The molecular weight excluding hydrogens is 940 g/mol. The monoisotopic (exact) mass is 1050 g/mol. The van der Waals surface area contributed by atoms with Crippen molar-refractivity contribution >= 4 is 19.7 Å². The highest BCUT2D eigenvalue weighted by molar-refractivity contribution is 7.45. The smallest absolute Gasteiger partial charge is 0.306 e. The molecule has 10 heteroatoms. The highest BCUT2D eigenvalue weighted by Gasteiger charge is 2.27. The Morgan fingerprint density at radius 1 is 0.486 bits per heavy atom. The van der Waals surface area contributed by atoms with Crippen LogP contribution in [0.2, 0.25) is 0 Å². The Morgan fingerprint density at radius 3 is 1.32 bits per heavy atom. The predicted octanol–water partition coefficient (Wildman–Crippen LogP) is 17.8. The number of likely N-dealkylation sites (N-methyl/N-ethyl adjacent to an activating group) is 1. The number of allylic oxidation sites excluding steroid dienone is 15. The SMILES string of the molecule is CC/C=C/C/C=C/C/C=C/CCCCCCC(=O)OC(/C=C\CCCCCCCCCCC)C(COP(=O)([O-])OCC[N+](C)(C)C)NC(=O)CCCCCCCCC/C=C\C/C=C\C/C=C\C/C=C\CCCCC. The average Bonchev–Trinajstić information content (AvgIpc) is 3.36. The zero-order valence-electron chi connectivity index (χ0n) is 48.5. The summed E-state index contributed by atoms with van der Waals surface area (Å²) in [6.07, 6.45) is 70.9. The third-order valence-corrected chi connectivity index (χ3v) is 13.7. The standard InChI is InChI=1S/C64H113N2O7P/c1-7-10-13-16-19-22-25-27-29-30-31-32-33-34-35-36-37-38-41-44-47-50-53-56-63(67)65-61(60-72-74(69,70)71-59-58-66(4,5)6)62(55-52-49-46-43-40-24-21-18-15-12-9-3)73-64(68)57-54-51-48-45-42-39-28-26-23-20-17-14-11-8-2/h11,14,19-20,22-23,27-29,31-32,34-35,39,52,55,61-62H,7-10,12-13,15-18,21,24-26,30,33,36-38,40-51,53-54,56-60H2,1-6H3,(H-,65,67,69,70)/b14-11+,22-19-,23-20+,29-27-,32-31-,35-34-,39-28+,55-52-. The largest absolute Gasteiger partial charge is 0.756 e. The molecule has 3 atom stereocenters. The van der Waals surface area contributed by atoms with Crippen molar-refractivity contribution in [2.45, 2.75) is 258 Å². The van der Waals surface area contributed by atoms with Crippen molar-refractivity contribution < 1.29 is 37.3 Å². The van der Waals surface area contributed by atoms with Crippen LogP contribution in [0.15, 0.2) is 97.2 Å². The van der Waals surface area contributed by atoms with Crippen LogP contribution in [0.1, 0.15) is 245 Å². The van der Waals surface area contributed by atoms with Crippen LogP contribution in [0.5, 0.6) is 0 Å². The summed E-state index contributed by atoms with van der Waals surface area (Å²) >= 11 is 0. The summed E-state index contributed by atoms with van der Waals surface area (Å²) in [5.74, 6) is -0.585. The van der Waals surface area contributed by atoms with Crippen molar-refractivity contribution in [1.29, 1.82) is 0 Å². The summed E-state index contributed by atoms with van der Waals surface area (Å²) in [5.41, 5.74) is 0. The van der Waals surface area contributed by atoms with Gasteiger partial charge in [-0.05, 0) is 109 Å². The molecule has 426 valence electrons. The molecule has 0 aliphatic heterocycles. The fourth-order valence-corrected chi connectivity index (χ4v) is 8.83. The molecule has 1 amide bonds. The van der Waals surface area contributed by atoms with Gasteiger partial charge >= 0.3 is 5.97 Å². The fourth-order valence-electron chi connectivity index (χ4n) is 8.11. The fraction of sp³-hybridized carbons (Fsp3) is 0.719. The Hall–Kier alpha value is -3.07. The van der Waals surface area contributed by atoms with Gasteiger partial charge in [-0.2, -0.15) is 0 Å². The first kappa shape index (κ1) is 70.9. The number of rotatable bonds is 53. The summed E-state index contributed by atoms with van der Waals surface area (Å²) in [6.45, 7) is 6.66. The van der Waals surface area contributed by atoms with Gasteiger partial charge in [-0.1, -0.05) is 221 Å². The molecule has 0 radical (unpaired) electrons. The molecule has 0 fully saturated rings. The van der Waals surface area contributed by atoms with Crippen molar-refractivity contribution in [1.82, 2.24) is 5.32 Å². The highest BCUT2D eigenvalue weighted by atomic mass is 31.2. The van der Waals surface area contributed by atoms with E-state index in [1.807, 2.05) is 33.3 Å². The Bertz CT molecular complexity index is 1590. The van der Waals surface area contributed by atoms with Gasteiger partial charge < -0.3 is 28.5 Å². The van der Waals surface area contributed by atoms with Crippen molar-refractivity contribution in [2.75, 3.05) is 40.9 Å². The van der Waals surface area contributed by atoms with E-state index < -0.39 is 26.6 Å². The number of quaternary nitrogens is 1. The van der Waals surface area contributed by atoms with Crippen LogP contribution in [-0.4, -0.2) is 69.4 Å². The zero-order chi connectivity index (χ0) is 54.3. The van der Waals surface area contributed by atoms with Gasteiger partial charge in [-0.15, -0.1) is 0 Å². The van der Waals surface area contributed by atoms with E-state index >= 15 is 0 Å². The minimum Gasteiger partial charge on any atom is -0.756 e. The second-order valence-corrected chi connectivity index (χ2v) is 22.5. The molecule has 0 saturated carbocycles. The minimum absolute atomic E-state index is 0.0332. The van der Waals surface area contributed by atoms with Gasteiger partial charge in [0.25, 0.3) is 7.82 Å². The Balaban J connectivity index is 5.25. The summed E-state index contributed by atoms with van der Waals surface area (Å²) in [5, 5.41) is 3.01. The lowest BCUT2D eigenvalue weighted by molar-refractivity contribution is -0.870. The second-order valence-electron chi connectivity index (χ2n) is 21.1. The number of phosphoric ester groups is 1. The number of unbranched alkanes of at least 4 members (excludes halogenated alkanes) is 23. The van der Waals surface area contributed by atoms with Gasteiger partial charge in [0.1, 0.15) is 19.3 Å². The van der Waals surface area contributed by atoms with Gasteiger partial charge in [0.2, 0.25) is 5.91 Å². The van der Waals surface area contributed by atoms with Crippen LogP contribution >= 0.6 is 7.82 Å². The molecule has 0 heterocycles. The quantitative estimate of drug-likeness (QED) is 0.0212. The minimum atomic E-state index is -4.71. The number of esters is 1. The van der Waals surface area contributed by atoms with E-state index in [0.29, 0.717) is 23.9 Å². The molecular formula is C64H113N2O7P. The number of amides is 1. The third-order valence-electron chi connectivity index (χ3n) is 12.7. The van der Waals surface area contributed by atoms with Crippen LogP contribution in [-0.2, 0) is 27.9 Å². The van der Waals surface area contributed by atoms with E-state index in [4.69, 9.17) is 13.8 Å². The summed E-state index contributed by atoms with van der Waals surface area (Å²) < 4.78 is 30.2. The van der Waals surface area contributed by atoms with Crippen molar-refractivity contribution in [2.24, 2.45) is 0 Å². The van der Waals surface area contributed by atoms with Gasteiger partial charge in [0, 0.05) is 12.8 Å². The number of carbonyl (C=O) groups is 2. The molecule has 0 rings (SSSR count). The first-order valence-corrected chi connectivity index (χ1v) is 31.5. The Morgan fingerprint density at radius 2 is 0.865 bits per heavy atom. The van der Waals surface area contributed by atoms with Crippen LogP contribution in [0.25, 0.3) is 0 Å². The molecule has 0 aliphatic carbocycles. The molecule has 1 N–H and O–H groups in total. The van der Waals surface area contributed by atoms with E-state index in [1.165, 1.54) is 89.9 Å². The summed E-state index contributed by atoms with van der Waals surface area (Å²) in [4.78, 5) is 39.9. The average molecular weight is 1050 g/mol. The molecule has 0 bridgehead atoms. The van der Waals surface area contributed by atoms with Gasteiger partial charge in [-0.25, -0.2) is 0 Å². The van der Waals surface area contributed by atoms with Gasteiger partial charge in [0.15, 0.2) is 0 Å². The van der Waals surface area contributed by atoms with E-state index in [9.17, 15) is 19.0 Å². The van der Waals surface area contributed by atoms with Crippen LogP contribution in [0.4, 0.5) is 0 Å². The second kappa shape index (κ2) is 53.3. The van der Waals surface area contributed by atoms with E-state index in [0.717, 1.165) is 116 Å². The van der Waals surface area contributed by atoms with Crippen LogP contribution < -0.4 is 10.2 Å². The van der Waals surface area contributed by atoms with Crippen LogP contribution in [0.3, 0.4) is 0 Å². The van der Waals surface area contributed by atoms with Crippen LogP contribution in [0, 0.1) is 0 Å². The normalized spacial score (nSPS) is 14.4. The third kappa shape index (κ3) is 53.7. The number of hydrogen-bond acceptors (Lipinski definition) is 7. The van der Waals surface area contributed by atoms with Crippen molar-refractivity contribution in [3.63, 3.8) is 0 Å². The molecule has 9 nitrogen and oxygen atoms in total. The lowest BCUT2D eigenvalue weighted by Crippen LogP contribution is -2.47. The lowest BCUT2D eigenvalue weighted by Gasteiger charge is -2.30. The lowest BCUT2D eigenvalue weighted by atomic mass is 10.1. The van der Waals surface area contributed by atoms with Gasteiger partial charge in [-0.3, -0.25) is 14.2 Å². The van der Waals surface area contributed by atoms with Crippen molar-refractivity contribution in [3.05, 3.63) is 97.2 Å². The molecule has 0 aliphatic rings. The molecule has 0 saturated heterocycles. The maximum atomic E-state index is 13.5. The Kier molecular flexibility index (Phi) is 51.1. The molecule has 0 spiro atoms. The zero-order valence-corrected chi connectivity index (χ0v) is 49.4. The maximum Gasteiger partial charge on any atom is 0.306 e. The predicted molar refractivity (Wildman–Crippen MR) is 316 cm³/mol. The molecule has 74 heavy (non-hydrogen) atoms. The molecule has 0 aromatic heterocycles. The van der Waals surface area contributed by atoms with E-state index in [1.54, 1.807) is 0 Å². The number of nitrogens with zero attached hydrogens (tertiary/aromatic N) is 1. The number of nitrogens with one attached hydrogen (secondary N) is 1. The summed E-state index contributed by atoms with van der Waals surface area (Å²) in [7, 11) is 1.15. The van der Waals surface area contributed by atoms with Crippen molar-refractivity contribution in [3.8, 4) is 0 Å². The summed E-state index contributed by atoms with van der Waals surface area (Å²) in [6, 6.07) is -0.908. The van der Waals surface area contributed by atoms with E-state index in [-0.39, 0.29) is 24.9 Å². The topological polar surface area (TPSA) is 114 Å². The molecule has 0 aromatic carbocycles. The molecule has 0 aromatic rings. The number of hydrogen-bond donors (Lipinski definition) is 1.